The molecule has 130 valence electrons. The molecule has 2 aliphatic heterocycles. The first-order valence-electron chi connectivity index (χ1n) is 8.68. The van der Waals surface area contributed by atoms with Crippen LogP contribution >= 0.6 is 0 Å². The normalized spacial score (nSPS) is 22.0. The van der Waals surface area contributed by atoms with Crippen LogP contribution in [0.2, 0.25) is 0 Å². The highest BCUT2D eigenvalue weighted by Gasteiger charge is 2.21. The molecule has 6 heteroatoms. The first kappa shape index (κ1) is 16.9. The SMILES string of the molecule is O=C(CN1CCC[C@@H](O)C1)NCc1ccc(N2CCCC2=O)cc1. The lowest BCUT2D eigenvalue weighted by molar-refractivity contribution is -0.123. The van der Waals surface area contributed by atoms with Gasteiger partial charge in [-0.2, -0.15) is 0 Å². The molecule has 6 nitrogen and oxygen atoms in total. The van der Waals surface area contributed by atoms with E-state index in [-0.39, 0.29) is 17.9 Å². The van der Waals surface area contributed by atoms with Crippen molar-refractivity contribution in [1.29, 1.82) is 0 Å². The van der Waals surface area contributed by atoms with E-state index in [0.29, 0.717) is 26.1 Å². The van der Waals surface area contributed by atoms with Crippen molar-refractivity contribution in [2.24, 2.45) is 0 Å². The molecule has 2 N–H and O–H groups in total. The summed E-state index contributed by atoms with van der Waals surface area (Å²) in [7, 11) is 0. The Bertz CT molecular complexity index is 588. The van der Waals surface area contributed by atoms with Gasteiger partial charge in [0.15, 0.2) is 0 Å². The lowest BCUT2D eigenvalue weighted by Gasteiger charge is -2.29. The molecule has 3 rings (SSSR count). The standard InChI is InChI=1S/C18H25N3O3/c22-16-3-1-9-20(12-16)13-17(23)19-11-14-5-7-15(8-6-14)21-10-2-4-18(21)24/h5-8,16,22H,1-4,9-13H2,(H,19,23)/t16-/m1/s1. The molecule has 24 heavy (non-hydrogen) atoms. The third kappa shape index (κ3) is 4.33. The second kappa shape index (κ2) is 7.77. The molecular weight excluding hydrogens is 306 g/mol. The maximum Gasteiger partial charge on any atom is 0.234 e. The zero-order valence-corrected chi connectivity index (χ0v) is 13.9. The number of piperidine rings is 1. The maximum absolute atomic E-state index is 12.0. The zero-order chi connectivity index (χ0) is 16.9. The van der Waals surface area contributed by atoms with Crippen LogP contribution in [-0.2, 0) is 16.1 Å². The summed E-state index contributed by atoms with van der Waals surface area (Å²) < 4.78 is 0. The largest absolute Gasteiger partial charge is 0.392 e. The van der Waals surface area contributed by atoms with Gasteiger partial charge < -0.3 is 15.3 Å². The van der Waals surface area contributed by atoms with Gasteiger partial charge in [-0.15, -0.1) is 0 Å². The number of benzene rings is 1. The number of β-amino-alcohol motifs (C(OH)–C–C–N with tert-alkyl or cyclic N) is 1. The fraction of sp³-hybridized carbons (Fsp3) is 0.556. The molecule has 2 saturated heterocycles. The summed E-state index contributed by atoms with van der Waals surface area (Å²) >= 11 is 0. The fourth-order valence-corrected chi connectivity index (χ4v) is 3.35. The lowest BCUT2D eigenvalue weighted by Crippen LogP contribution is -2.44. The van der Waals surface area contributed by atoms with E-state index in [0.717, 1.165) is 43.6 Å². The smallest absolute Gasteiger partial charge is 0.234 e. The van der Waals surface area contributed by atoms with Crippen LogP contribution in [0.25, 0.3) is 0 Å². The van der Waals surface area contributed by atoms with Crippen LogP contribution in [0.15, 0.2) is 24.3 Å². The van der Waals surface area contributed by atoms with Crippen molar-refractivity contribution >= 4 is 17.5 Å². The van der Waals surface area contributed by atoms with Crippen molar-refractivity contribution in [3.63, 3.8) is 0 Å². The summed E-state index contributed by atoms with van der Waals surface area (Å²) in [5, 5.41) is 12.5. The number of rotatable bonds is 5. The molecule has 0 bridgehead atoms. The van der Waals surface area contributed by atoms with Crippen LogP contribution in [0.1, 0.15) is 31.2 Å². The van der Waals surface area contributed by atoms with E-state index >= 15 is 0 Å². The van der Waals surface area contributed by atoms with E-state index in [1.165, 1.54) is 0 Å². The van der Waals surface area contributed by atoms with Gasteiger partial charge in [-0.05, 0) is 43.5 Å². The number of aliphatic hydroxyl groups is 1. The Morgan fingerprint density at radius 1 is 1.21 bits per heavy atom. The van der Waals surface area contributed by atoms with Crippen LogP contribution in [0.5, 0.6) is 0 Å². The summed E-state index contributed by atoms with van der Waals surface area (Å²) in [4.78, 5) is 27.6. The highest BCUT2D eigenvalue weighted by atomic mass is 16.3. The minimum atomic E-state index is -0.313. The molecule has 0 saturated carbocycles. The number of carbonyl (C=O) groups is 2. The van der Waals surface area contributed by atoms with Crippen LogP contribution in [-0.4, -0.2) is 54.1 Å². The molecule has 2 amide bonds. The number of likely N-dealkylation sites (tertiary alicyclic amines) is 1. The van der Waals surface area contributed by atoms with Crippen molar-refractivity contribution in [3.8, 4) is 0 Å². The molecule has 2 fully saturated rings. The number of amides is 2. The molecule has 0 spiro atoms. The van der Waals surface area contributed by atoms with E-state index in [1.807, 2.05) is 34.1 Å². The number of hydrogen-bond acceptors (Lipinski definition) is 4. The van der Waals surface area contributed by atoms with Gasteiger partial charge in [0.2, 0.25) is 11.8 Å². The highest BCUT2D eigenvalue weighted by Crippen LogP contribution is 2.21. The third-order valence-corrected chi connectivity index (χ3v) is 4.66. The number of anilines is 1. The molecule has 0 unspecified atom stereocenters. The molecule has 2 aliphatic rings. The maximum atomic E-state index is 12.0. The Morgan fingerprint density at radius 2 is 2.00 bits per heavy atom. The number of carbonyl (C=O) groups excluding carboxylic acids is 2. The predicted octanol–water partition coefficient (Wildman–Crippen LogP) is 0.886. The van der Waals surface area contributed by atoms with E-state index < -0.39 is 0 Å². The fourth-order valence-electron chi connectivity index (χ4n) is 3.35. The van der Waals surface area contributed by atoms with E-state index in [1.54, 1.807) is 0 Å². The van der Waals surface area contributed by atoms with Gasteiger partial charge >= 0.3 is 0 Å². The van der Waals surface area contributed by atoms with E-state index in [4.69, 9.17) is 0 Å². The van der Waals surface area contributed by atoms with Gasteiger partial charge in [-0.3, -0.25) is 14.5 Å². The molecule has 1 aromatic rings. The number of hydrogen-bond donors (Lipinski definition) is 2. The zero-order valence-electron chi connectivity index (χ0n) is 13.9. The monoisotopic (exact) mass is 331 g/mol. The second-order valence-electron chi connectivity index (χ2n) is 6.62. The molecule has 1 aromatic carbocycles. The Labute approximate surface area is 142 Å². The van der Waals surface area contributed by atoms with Crippen LogP contribution in [0.4, 0.5) is 5.69 Å². The van der Waals surface area contributed by atoms with Crippen molar-refractivity contribution in [2.75, 3.05) is 31.1 Å². The number of nitrogens with zero attached hydrogens (tertiary/aromatic N) is 2. The van der Waals surface area contributed by atoms with Crippen molar-refractivity contribution in [1.82, 2.24) is 10.2 Å². The molecule has 0 radical (unpaired) electrons. The van der Waals surface area contributed by atoms with Crippen LogP contribution < -0.4 is 10.2 Å². The first-order valence-corrected chi connectivity index (χ1v) is 8.68. The van der Waals surface area contributed by atoms with Crippen LogP contribution in [0.3, 0.4) is 0 Å². The summed E-state index contributed by atoms with van der Waals surface area (Å²) in [5.74, 6) is 0.155. The minimum Gasteiger partial charge on any atom is -0.392 e. The van der Waals surface area contributed by atoms with Gasteiger partial charge in [0.05, 0.1) is 12.6 Å². The molecular formula is C18H25N3O3. The third-order valence-electron chi connectivity index (χ3n) is 4.66. The molecule has 2 heterocycles. The molecule has 1 atom stereocenters. The average molecular weight is 331 g/mol. The van der Waals surface area contributed by atoms with Gasteiger partial charge in [0.25, 0.3) is 0 Å². The average Bonchev–Trinajstić information content (AvgIpc) is 2.99. The number of nitrogens with one attached hydrogen (secondary N) is 1. The second-order valence-corrected chi connectivity index (χ2v) is 6.62. The van der Waals surface area contributed by atoms with Gasteiger partial charge in [0.1, 0.15) is 0 Å². The van der Waals surface area contributed by atoms with Gasteiger partial charge in [-0.1, -0.05) is 12.1 Å². The van der Waals surface area contributed by atoms with E-state index in [2.05, 4.69) is 5.32 Å². The van der Waals surface area contributed by atoms with E-state index in [9.17, 15) is 14.7 Å². The predicted molar refractivity (Wildman–Crippen MR) is 91.6 cm³/mol. The summed E-state index contributed by atoms with van der Waals surface area (Å²) in [6.45, 7) is 3.03. The highest BCUT2D eigenvalue weighted by molar-refractivity contribution is 5.95. The Balaban J connectivity index is 1.46. The molecule has 0 aliphatic carbocycles. The Hall–Kier alpha value is -1.92. The number of aliphatic hydroxyl groups excluding tert-OH is 1. The Kier molecular flexibility index (Phi) is 5.48. The van der Waals surface area contributed by atoms with Crippen molar-refractivity contribution < 1.29 is 14.7 Å². The lowest BCUT2D eigenvalue weighted by atomic mass is 10.1. The first-order chi connectivity index (χ1) is 11.6. The summed E-state index contributed by atoms with van der Waals surface area (Å²) in [6.07, 6.45) is 2.99. The van der Waals surface area contributed by atoms with Crippen molar-refractivity contribution in [3.05, 3.63) is 29.8 Å². The summed E-state index contributed by atoms with van der Waals surface area (Å²) in [6, 6.07) is 7.77. The van der Waals surface area contributed by atoms with Crippen LogP contribution in [0, 0.1) is 0 Å². The van der Waals surface area contributed by atoms with Gasteiger partial charge in [-0.25, -0.2) is 0 Å². The minimum absolute atomic E-state index is 0.0251. The Morgan fingerprint density at radius 3 is 2.67 bits per heavy atom. The van der Waals surface area contributed by atoms with Crippen molar-refractivity contribution in [2.45, 2.75) is 38.3 Å². The quantitative estimate of drug-likeness (QED) is 0.840. The summed E-state index contributed by atoms with van der Waals surface area (Å²) in [5.41, 5.74) is 1.94. The van der Waals surface area contributed by atoms with Gasteiger partial charge in [0, 0.05) is 31.7 Å². The topological polar surface area (TPSA) is 72.9 Å². The molecule has 0 aromatic heterocycles.